The summed E-state index contributed by atoms with van der Waals surface area (Å²) in [6.07, 6.45) is -4.39. The van der Waals surface area contributed by atoms with Crippen molar-refractivity contribution in [3.8, 4) is 0 Å². The molecule has 0 aromatic heterocycles. The molecule has 0 spiro atoms. The molecule has 4 nitrogen and oxygen atoms in total. The molecule has 0 fully saturated rings. The largest absolute Gasteiger partial charge is 0.467 e. The Hall–Kier alpha value is -2.83. The zero-order chi connectivity index (χ0) is 19.3. The fraction of sp³-hybridized carbons (Fsp3) is 0.263. The van der Waals surface area contributed by atoms with Gasteiger partial charge in [0.25, 0.3) is 5.91 Å². The van der Waals surface area contributed by atoms with Crippen LogP contribution in [0.2, 0.25) is 0 Å². The molecule has 0 aliphatic heterocycles. The van der Waals surface area contributed by atoms with Crippen LogP contribution in [0.15, 0.2) is 48.5 Å². The highest BCUT2D eigenvalue weighted by Crippen LogP contribution is 2.29. The van der Waals surface area contributed by atoms with Crippen molar-refractivity contribution in [3.63, 3.8) is 0 Å². The first-order chi connectivity index (χ1) is 12.2. The zero-order valence-electron chi connectivity index (χ0n) is 14.3. The lowest BCUT2D eigenvalue weighted by molar-refractivity contribution is -0.143. The summed E-state index contributed by atoms with van der Waals surface area (Å²) in [7, 11) is 1.18. The molecule has 2 rings (SSSR count). The van der Waals surface area contributed by atoms with Crippen LogP contribution in [-0.2, 0) is 22.1 Å². The molecule has 1 N–H and O–H groups in total. The summed E-state index contributed by atoms with van der Waals surface area (Å²) in [5.74, 6) is -1.45. The highest BCUT2D eigenvalue weighted by molar-refractivity contribution is 5.97. The second kappa shape index (κ2) is 8.03. The van der Waals surface area contributed by atoms with Gasteiger partial charge in [0.15, 0.2) is 0 Å². The molecule has 1 atom stereocenters. The molecule has 0 aliphatic carbocycles. The van der Waals surface area contributed by atoms with Crippen molar-refractivity contribution in [2.75, 3.05) is 7.11 Å². The summed E-state index contributed by atoms with van der Waals surface area (Å²) < 4.78 is 43.1. The number of ether oxygens (including phenoxy) is 1. The molecule has 0 unspecified atom stereocenters. The second-order valence-electron chi connectivity index (χ2n) is 5.76. The van der Waals surface area contributed by atoms with Gasteiger partial charge >= 0.3 is 12.1 Å². The number of carbonyl (C=O) groups excluding carboxylic acids is 2. The van der Waals surface area contributed by atoms with Crippen molar-refractivity contribution in [1.29, 1.82) is 0 Å². The Morgan fingerprint density at radius 1 is 1.12 bits per heavy atom. The maximum Gasteiger partial charge on any atom is 0.416 e. The molecule has 0 aliphatic rings. The van der Waals surface area contributed by atoms with E-state index in [0.717, 1.165) is 29.3 Å². The Morgan fingerprint density at radius 3 is 2.42 bits per heavy atom. The molecule has 2 aromatic rings. The van der Waals surface area contributed by atoms with Crippen LogP contribution in [0, 0.1) is 6.92 Å². The van der Waals surface area contributed by atoms with E-state index in [0.29, 0.717) is 0 Å². The molecular weight excluding hydrogens is 347 g/mol. The minimum Gasteiger partial charge on any atom is -0.467 e. The molecule has 0 radical (unpaired) electrons. The average molecular weight is 365 g/mol. The van der Waals surface area contributed by atoms with E-state index in [1.165, 1.54) is 13.2 Å². The number of hydrogen-bond donors (Lipinski definition) is 1. The molecule has 1 amide bonds. The Balaban J connectivity index is 2.22. The lowest BCUT2D eigenvalue weighted by Crippen LogP contribution is -2.43. The van der Waals surface area contributed by atoms with E-state index in [1.54, 1.807) is 6.07 Å². The summed E-state index contributed by atoms with van der Waals surface area (Å²) in [6.45, 7) is 1.86. The van der Waals surface area contributed by atoms with Gasteiger partial charge in [-0.2, -0.15) is 13.2 Å². The Labute approximate surface area is 149 Å². The normalized spacial score (nSPS) is 12.3. The minimum atomic E-state index is -4.56. The molecule has 26 heavy (non-hydrogen) atoms. The first-order valence-corrected chi connectivity index (χ1v) is 7.83. The number of amides is 1. The molecule has 0 saturated carbocycles. The third kappa shape index (κ3) is 4.84. The summed E-state index contributed by atoms with van der Waals surface area (Å²) in [5.41, 5.74) is 0.638. The van der Waals surface area contributed by atoms with E-state index < -0.39 is 29.7 Å². The van der Waals surface area contributed by atoms with Gasteiger partial charge in [0.1, 0.15) is 6.04 Å². The van der Waals surface area contributed by atoms with Gasteiger partial charge in [0, 0.05) is 12.0 Å². The maximum absolute atomic E-state index is 12.8. The molecule has 0 saturated heterocycles. The first kappa shape index (κ1) is 19.5. The number of halogens is 3. The Morgan fingerprint density at radius 2 is 1.81 bits per heavy atom. The molecule has 2 aromatic carbocycles. The SMILES string of the molecule is COC(=O)[C@H](Cc1ccccc1C)NC(=O)c1cccc(C(F)(F)F)c1. The van der Waals surface area contributed by atoms with Gasteiger partial charge < -0.3 is 10.1 Å². The van der Waals surface area contributed by atoms with Crippen molar-refractivity contribution >= 4 is 11.9 Å². The van der Waals surface area contributed by atoms with Crippen LogP contribution >= 0.6 is 0 Å². The average Bonchev–Trinajstić information content (AvgIpc) is 2.61. The topological polar surface area (TPSA) is 55.4 Å². The number of esters is 1. The standard InChI is InChI=1S/C19H18F3NO3/c1-12-6-3-4-7-13(12)11-16(18(25)26-2)23-17(24)14-8-5-9-15(10-14)19(20,21)22/h3-10,16H,11H2,1-2H3,(H,23,24)/t16-/m0/s1. The zero-order valence-corrected chi connectivity index (χ0v) is 14.3. The van der Waals surface area contributed by atoms with Gasteiger partial charge in [0.2, 0.25) is 0 Å². The van der Waals surface area contributed by atoms with Crippen LogP contribution in [0.5, 0.6) is 0 Å². The minimum absolute atomic E-state index is 0.171. The number of aryl methyl sites for hydroxylation is 1. The summed E-state index contributed by atoms with van der Waals surface area (Å²) in [5, 5.41) is 2.46. The quantitative estimate of drug-likeness (QED) is 0.825. The van der Waals surface area contributed by atoms with Crippen LogP contribution < -0.4 is 5.32 Å². The van der Waals surface area contributed by atoms with Gasteiger partial charge in [-0.15, -0.1) is 0 Å². The van der Waals surface area contributed by atoms with Crippen molar-refractivity contribution in [3.05, 3.63) is 70.8 Å². The van der Waals surface area contributed by atoms with Crippen molar-refractivity contribution in [2.24, 2.45) is 0 Å². The number of rotatable bonds is 5. The molecule has 7 heteroatoms. The predicted octanol–water partition coefficient (Wildman–Crippen LogP) is 3.53. The van der Waals surface area contributed by atoms with E-state index in [2.05, 4.69) is 5.32 Å². The lowest BCUT2D eigenvalue weighted by Gasteiger charge is -2.18. The van der Waals surface area contributed by atoms with Gasteiger partial charge in [-0.05, 0) is 36.2 Å². The Bertz CT molecular complexity index is 803. The van der Waals surface area contributed by atoms with Crippen LogP contribution in [0.4, 0.5) is 13.2 Å². The predicted molar refractivity (Wildman–Crippen MR) is 89.6 cm³/mol. The second-order valence-corrected chi connectivity index (χ2v) is 5.76. The van der Waals surface area contributed by atoms with Crippen LogP contribution in [0.1, 0.15) is 27.0 Å². The van der Waals surface area contributed by atoms with E-state index in [9.17, 15) is 22.8 Å². The van der Waals surface area contributed by atoms with E-state index in [4.69, 9.17) is 4.74 Å². The van der Waals surface area contributed by atoms with Gasteiger partial charge in [-0.25, -0.2) is 4.79 Å². The van der Waals surface area contributed by atoms with Crippen LogP contribution in [-0.4, -0.2) is 25.0 Å². The fourth-order valence-corrected chi connectivity index (χ4v) is 2.47. The van der Waals surface area contributed by atoms with Crippen LogP contribution in [0.25, 0.3) is 0 Å². The van der Waals surface area contributed by atoms with E-state index >= 15 is 0 Å². The van der Waals surface area contributed by atoms with Crippen LogP contribution in [0.3, 0.4) is 0 Å². The van der Waals surface area contributed by atoms with Gasteiger partial charge in [0.05, 0.1) is 12.7 Å². The highest BCUT2D eigenvalue weighted by Gasteiger charge is 2.31. The van der Waals surface area contributed by atoms with E-state index in [-0.39, 0.29) is 12.0 Å². The lowest BCUT2D eigenvalue weighted by atomic mass is 10.0. The number of carbonyl (C=O) groups is 2. The maximum atomic E-state index is 12.8. The number of methoxy groups -OCH3 is 1. The van der Waals surface area contributed by atoms with E-state index in [1.807, 2.05) is 25.1 Å². The third-order valence-electron chi connectivity index (χ3n) is 3.93. The number of nitrogens with one attached hydrogen (secondary N) is 1. The Kier molecular flexibility index (Phi) is 6.02. The number of benzene rings is 2. The fourth-order valence-electron chi connectivity index (χ4n) is 2.47. The molecule has 0 bridgehead atoms. The van der Waals surface area contributed by atoms with Crippen molar-refractivity contribution in [2.45, 2.75) is 25.6 Å². The third-order valence-corrected chi connectivity index (χ3v) is 3.93. The van der Waals surface area contributed by atoms with Crippen molar-refractivity contribution in [1.82, 2.24) is 5.32 Å². The first-order valence-electron chi connectivity index (χ1n) is 7.83. The van der Waals surface area contributed by atoms with Gasteiger partial charge in [-0.1, -0.05) is 30.3 Å². The smallest absolute Gasteiger partial charge is 0.416 e. The molecular formula is C19H18F3NO3. The monoisotopic (exact) mass is 365 g/mol. The molecule has 0 heterocycles. The summed E-state index contributed by atoms with van der Waals surface area (Å²) in [6, 6.07) is 10.3. The van der Waals surface area contributed by atoms with Gasteiger partial charge in [-0.3, -0.25) is 4.79 Å². The summed E-state index contributed by atoms with van der Waals surface area (Å²) >= 11 is 0. The summed E-state index contributed by atoms with van der Waals surface area (Å²) in [4.78, 5) is 24.3. The molecule has 138 valence electrons. The number of hydrogen-bond acceptors (Lipinski definition) is 3. The van der Waals surface area contributed by atoms with Crippen molar-refractivity contribution < 1.29 is 27.5 Å². The number of alkyl halides is 3. The highest BCUT2D eigenvalue weighted by atomic mass is 19.4.